The molecule has 0 saturated carbocycles. The average Bonchev–Trinajstić information content (AvgIpc) is 3.06. The number of aromatic nitrogens is 3. The molecule has 1 saturated heterocycles. The van der Waals surface area contributed by atoms with Crippen molar-refractivity contribution in [1.29, 1.82) is 0 Å². The highest BCUT2D eigenvalue weighted by Crippen LogP contribution is 2.12. The van der Waals surface area contributed by atoms with Crippen molar-refractivity contribution in [2.75, 3.05) is 26.7 Å². The molecular weight excluding hydrogens is 248 g/mol. The van der Waals surface area contributed by atoms with Gasteiger partial charge in [0, 0.05) is 19.7 Å². The Morgan fingerprint density at radius 2 is 2.58 bits per heavy atom. The van der Waals surface area contributed by atoms with Gasteiger partial charge in [-0.1, -0.05) is 5.21 Å². The van der Waals surface area contributed by atoms with E-state index in [1.807, 2.05) is 12.5 Å². The fourth-order valence-electron chi connectivity index (χ4n) is 2.09. The summed E-state index contributed by atoms with van der Waals surface area (Å²) in [6, 6.07) is 0. The minimum absolute atomic E-state index is 0.226. The van der Waals surface area contributed by atoms with Gasteiger partial charge in [-0.25, -0.2) is 5.84 Å². The summed E-state index contributed by atoms with van der Waals surface area (Å²) < 4.78 is 7.22. The number of nitrogen functional groups attached to an aromatic ring is 1. The number of rotatable bonds is 6. The van der Waals surface area contributed by atoms with Gasteiger partial charge in [-0.3, -0.25) is 14.9 Å². The van der Waals surface area contributed by atoms with Gasteiger partial charge < -0.3 is 9.64 Å². The first-order valence-electron chi connectivity index (χ1n) is 6.40. The van der Waals surface area contributed by atoms with E-state index in [4.69, 9.17) is 10.6 Å². The van der Waals surface area contributed by atoms with Gasteiger partial charge in [-0.2, -0.15) is 0 Å². The molecule has 1 aromatic heterocycles. The van der Waals surface area contributed by atoms with Gasteiger partial charge >= 0.3 is 0 Å². The highest BCUT2D eigenvalue weighted by Gasteiger charge is 2.17. The van der Waals surface area contributed by atoms with Crippen LogP contribution in [-0.4, -0.2) is 58.6 Å². The van der Waals surface area contributed by atoms with E-state index in [-0.39, 0.29) is 5.69 Å². The van der Waals surface area contributed by atoms with Gasteiger partial charge in [0.2, 0.25) is 0 Å². The monoisotopic (exact) mass is 268 g/mol. The number of carbonyl (C=O) groups is 1. The smallest absolute Gasteiger partial charge is 0.287 e. The maximum Gasteiger partial charge on any atom is 0.287 e. The molecule has 1 aliphatic heterocycles. The van der Waals surface area contributed by atoms with E-state index in [2.05, 4.69) is 15.2 Å². The Bertz CT molecular complexity index is 415. The molecule has 1 atom stereocenters. The number of nitrogens with two attached hydrogens (primary N) is 1. The second-order valence-corrected chi connectivity index (χ2v) is 4.74. The lowest BCUT2D eigenvalue weighted by atomic mass is 10.2. The van der Waals surface area contributed by atoms with Gasteiger partial charge in [0.15, 0.2) is 5.69 Å². The molecule has 0 aromatic carbocycles. The summed E-state index contributed by atoms with van der Waals surface area (Å²) in [4.78, 5) is 13.4. The van der Waals surface area contributed by atoms with Crippen molar-refractivity contribution in [3.63, 3.8) is 0 Å². The van der Waals surface area contributed by atoms with Crippen molar-refractivity contribution >= 4 is 5.91 Å². The summed E-state index contributed by atoms with van der Waals surface area (Å²) in [6.07, 6.45) is 4.22. The van der Waals surface area contributed by atoms with Crippen LogP contribution in [0.1, 0.15) is 23.3 Å². The molecule has 2 rings (SSSR count). The molecule has 1 aliphatic rings. The third-order valence-corrected chi connectivity index (χ3v) is 3.15. The second-order valence-electron chi connectivity index (χ2n) is 4.74. The zero-order valence-electron chi connectivity index (χ0n) is 11.1. The minimum atomic E-state index is -0.432. The van der Waals surface area contributed by atoms with Crippen molar-refractivity contribution in [1.82, 2.24) is 25.3 Å². The maximum atomic E-state index is 11.2. The molecule has 2 heterocycles. The molecule has 19 heavy (non-hydrogen) atoms. The van der Waals surface area contributed by atoms with Crippen molar-refractivity contribution in [2.45, 2.75) is 25.5 Å². The molecule has 3 N–H and O–H groups in total. The molecule has 1 fully saturated rings. The first-order valence-corrected chi connectivity index (χ1v) is 6.40. The van der Waals surface area contributed by atoms with E-state index in [0.717, 1.165) is 32.5 Å². The fourth-order valence-corrected chi connectivity index (χ4v) is 2.09. The van der Waals surface area contributed by atoms with E-state index in [9.17, 15) is 4.79 Å². The van der Waals surface area contributed by atoms with Crippen LogP contribution in [0.25, 0.3) is 0 Å². The molecule has 0 spiro atoms. The van der Waals surface area contributed by atoms with Gasteiger partial charge in [0.05, 0.1) is 18.8 Å². The van der Waals surface area contributed by atoms with Crippen LogP contribution in [0, 0.1) is 0 Å². The Labute approximate surface area is 111 Å². The average molecular weight is 268 g/mol. The van der Waals surface area contributed by atoms with Crippen LogP contribution in [0.5, 0.6) is 0 Å². The standard InChI is InChI=1S/C11H20N6O2/c1-16(7-9-3-2-6-19-9)4-5-17-8-10(14-15-17)11(18)13-12/h8-9H,2-7,12H2,1H3,(H,13,18). The number of nitrogens with one attached hydrogen (secondary N) is 1. The number of hydrazine groups is 1. The normalized spacial score (nSPS) is 19.0. The Morgan fingerprint density at radius 3 is 3.26 bits per heavy atom. The number of ether oxygens (including phenoxy) is 1. The molecule has 1 aromatic rings. The zero-order chi connectivity index (χ0) is 13.7. The lowest BCUT2D eigenvalue weighted by molar-refractivity contribution is 0.0799. The number of amides is 1. The second kappa shape index (κ2) is 6.60. The summed E-state index contributed by atoms with van der Waals surface area (Å²) in [6.45, 7) is 3.30. The van der Waals surface area contributed by atoms with Crippen LogP contribution in [0.2, 0.25) is 0 Å². The summed E-state index contributed by atoms with van der Waals surface area (Å²) >= 11 is 0. The lowest BCUT2D eigenvalue weighted by Crippen LogP contribution is -2.31. The fraction of sp³-hybridized carbons (Fsp3) is 0.727. The largest absolute Gasteiger partial charge is 0.377 e. The maximum absolute atomic E-state index is 11.2. The number of carbonyl (C=O) groups excluding carboxylic acids is 1. The Morgan fingerprint density at radius 1 is 1.74 bits per heavy atom. The predicted molar refractivity (Wildman–Crippen MR) is 68.1 cm³/mol. The molecule has 1 unspecified atom stereocenters. The molecule has 8 heteroatoms. The molecular formula is C11H20N6O2. The highest BCUT2D eigenvalue weighted by molar-refractivity contribution is 5.91. The predicted octanol–water partition coefficient (Wildman–Crippen LogP) is -1.01. The number of nitrogens with zero attached hydrogens (tertiary/aromatic N) is 4. The molecule has 106 valence electrons. The first-order chi connectivity index (χ1) is 9.19. The van der Waals surface area contributed by atoms with Gasteiger partial charge in [-0.15, -0.1) is 5.10 Å². The van der Waals surface area contributed by atoms with Crippen LogP contribution >= 0.6 is 0 Å². The first kappa shape index (κ1) is 13.9. The molecule has 8 nitrogen and oxygen atoms in total. The molecule has 1 amide bonds. The molecule has 0 aliphatic carbocycles. The number of hydrogen-bond donors (Lipinski definition) is 2. The molecule has 0 bridgehead atoms. The van der Waals surface area contributed by atoms with Crippen molar-refractivity contribution in [3.05, 3.63) is 11.9 Å². The van der Waals surface area contributed by atoms with Crippen LogP contribution in [0.4, 0.5) is 0 Å². The van der Waals surface area contributed by atoms with Gasteiger partial charge in [0.25, 0.3) is 5.91 Å². The SMILES string of the molecule is CN(CCn1cc(C(=O)NN)nn1)CC1CCCO1. The van der Waals surface area contributed by atoms with E-state index < -0.39 is 5.91 Å². The Kier molecular flexibility index (Phi) is 4.83. The minimum Gasteiger partial charge on any atom is -0.377 e. The topological polar surface area (TPSA) is 98.3 Å². The summed E-state index contributed by atoms with van der Waals surface area (Å²) in [5.74, 6) is 4.60. The van der Waals surface area contributed by atoms with Crippen molar-refractivity contribution in [2.24, 2.45) is 5.84 Å². The van der Waals surface area contributed by atoms with Crippen molar-refractivity contribution in [3.8, 4) is 0 Å². The number of hydrogen-bond acceptors (Lipinski definition) is 6. The summed E-state index contributed by atoms with van der Waals surface area (Å²) in [5.41, 5.74) is 2.25. The molecule has 0 radical (unpaired) electrons. The number of likely N-dealkylation sites (N-methyl/N-ethyl adjacent to an activating group) is 1. The Hall–Kier alpha value is -1.51. The van der Waals surface area contributed by atoms with E-state index >= 15 is 0 Å². The van der Waals surface area contributed by atoms with Crippen LogP contribution in [0.15, 0.2) is 6.20 Å². The van der Waals surface area contributed by atoms with E-state index in [1.165, 1.54) is 0 Å². The van der Waals surface area contributed by atoms with Crippen LogP contribution in [-0.2, 0) is 11.3 Å². The quantitative estimate of drug-likeness (QED) is 0.390. The lowest BCUT2D eigenvalue weighted by Gasteiger charge is -2.20. The van der Waals surface area contributed by atoms with Crippen LogP contribution < -0.4 is 11.3 Å². The highest BCUT2D eigenvalue weighted by atomic mass is 16.5. The van der Waals surface area contributed by atoms with Gasteiger partial charge in [0.1, 0.15) is 0 Å². The summed E-state index contributed by atoms with van der Waals surface area (Å²) in [7, 11) is 2.05. The third kappa shape index (κ3) is 3.98. The third-order valence-electron chi connectivity index (χ3n) is 3.15. The van der Waals surface area contributed by atoms with E-state index in [0.29, 0.717) is 12.6 Å². The Balaban J connectivity index is 1.74. The van der Waals surface area contributed by atoms with Crippen molar-refractivity contribution < 1.29 is 9.53 Å². The van der Waals surface area contributed by atoms with Gasteiger partial charge in [-0.05, 0) is 19.9 Å². The summed E-state index contributed by atoms with van der Waals surface area (Å²) in [5, 5.41) is 7.63. The van der Waals surface area contributed by atoms with Crippen LogP contribution in [0.3, 0.4) is 0 Å². The zero-order valence-corrected chi connectivity index (χ0v) is 11.1. The van der Waals surface area contributed by atoms with E-state index in [1.54, 1.807) is 10.9 Å².